The van der Waals surface area contributed by atoms with E-state index in [0.29, 0.717) is 11.1 Å². The van der Waals surface area contributed by atoms with E-state index in [9.17, 15) is 20.6 Å². The lowest BCUT2D eigenvalue weighted by molar-refractivity contribution is 0.0899. The van der Waals surface area contributed by atoms with Gasteiger partial charge in [0.15, 0.2) is 5.41 Å². The maximum atomic E-state index is 12.9. The van der Waals surface area contributed by atoms with Crippen molar-refractivity contribution in [3.8, 4) is 18.2 Å². The van der Waals surface area contributed by atoms with E-state index >= 15 is 0 Å². The van der Waals surface area contributed by atoms with Crippen molar-refractivity contribution in [2.24, 2.45) is 17.1 Å². The van der Waals surface area contributed by atoms with Gasteiger partial charge in [-0.1, -0.05) is 65.7 Å². The van der Waals surface area contributed by atoms with Crippen LogP contribution in [0.5, 0.6) is 0 Å². The molecule has 1 amide bonds. The molecular weight excluding hydrogens is 485 g/mol. The predicted octanol–water partition coefficient (Wildman–Crippen LogP) is 5.06. The van der Waals surface area contributed by atoms with Gasteiger partial charge in [0, 0.05) is 35.0 Å². The number of allylic oxidation sites excluding steroid dienone is 2. The first-order valence-electron chi connectivity index (χ1n) is 10.7. The smallest absolute Gasteiger partial charge is 0.410 e. The molecule has 0 saturated heterocycles. The third kappa shape index (κ3) is 4.08. The van der Waals surface area contributed by atoms with E-state index in [1.54, 1.807) is 24.3 Å². The van der Waals surface area contributed by atoms with E-state index in [1.807, 2.05) is 42.5 Å². The topological polar surface area (TPSA) is 127 Å². The summed E-state index contributed by atoms with van der Waals surface area (Å²) in [6.07, 6.45) is 1.15. The Bertz CT molecular complexity index is 1330. The molecule has 2 aromatic rings. The SMILES string of the molecule is N#CC1=C(N)C(C#N)(C#N)[C@@H](c2c(Cl)cccc2Cl)[C@@H]2CN(C(=O)OCc3ccccc3)CC=C12. The van der Waals surface area contributed by atoms with Crippen LogP contribution in [0.1, 0.15) is 17.0 Å². The molecule has 9 heteroatoms. The molecule has 1 aliphatic heterocycles. The number of halogens is 2. The second-order valence-electron chi connectivity index (χ2n) is 8.26. The number of benzene rings is 2. The quantitative estimate of drug-likeness (QED) is 0.623. The molecule has 174 valence electrons. The van der Waals surface area contributed by atoms with Gasteiger partial charge in [-0.2, -0.15) is 15.8 Å². The molecule has 7 nitrogen and oxygen atoms in total. The Kier molecular flexibility index (Phi) is 6.72. The van der Waals surface area contributed by atoms with Crippen LogP contribution in [0.2, 0.25) is 10.0 Å². The fourth-order valence-electron chi connectivity index (χ4n) is 4.76. The number of ether oxygens (including phenoxy) is 1. The summed E-state index contributed by atoms with van der Waals surface area (Å²) in [7, 11) is 0. The number of carbonyl (C=O) groups excluding carboxylic acids is 1. The number of nitrogens with two attached hydrogens (primary N) is 1. The summed E-state index contributed by atoms with van der Waals surface area (Å²) in [5.41, 5.74) is 6.07. The van der Waals surface area contributed by atoms with Crippen LogP contribution in [0.4, 0.5) is 4.79 Å². The van der Waals surface area contributed by atoms with Crippen LogP contribution in [-0.2, 0) is 11.3 Å². The second-order valence-corrected chi connectivity index (χ2v) is 9.07. The number of nitriles is 3. The van der Waals surface area contributed by atoms with E-state index in [4.69, 9.17) is 33.7 Å². The molecule has 0 unspecified atom stereocenters. The van der Waals surface area contributed by atoms with Crippen LogP contribution in [0.3, 0.4) is 0 Å². The van der Waals surface area contributed by atoms with Crippen molar-refractivity contribution in [1.82, 2.24) is 4.90 Å². The standard InChI is InChI=1S/C26H19Cl2N5O2/c27-20-7-4-8-21(28)22(20)23-19-12-33(25(34)35-13-16-5-2-1-3-6-16)10-9-17(19)18(11-29)24(32)26(23,14-30)15-31/h1-9,19,23H,10,12-13,32H2/t19-,23-/m1/s1. The van der Waals surface area contributed by atoms with Gasteiger partial charge in [0.2, 0.25) is 0 Å². The number of nitrogens with zero attached hydrogens (tertiary/aromatic N) is 4. The summed E-state index contributed by atoms with van der Waals surface area (Å²) < 4.78 is 5.49. The molecule has 0 saturated carbocycles. The first-order valence-corrected chi connectivity index (χ1v) is 11.5. The summed E-state index contributed by atoms with van der Waals surface area (Å²) in [6.45, 7) is 0.343. The Hall–Kier alpha value is -3.96. The fourth-order valence-corrected chi connectivity index (χ4v) is 5.39. The molecule has 2 aromatic carbocycles. The third-order valence-electron chi connectivity index (χ3n) is 6.44. The van der Waals surface area contributed by atoms with Gasteiger partial charge in [0.05, 0.1) is 23.4 Å². The molecule has 0 radical (unpaired) electrons. The summed E-state index contributed by atoms with van der Waals surface area (Å²) in [5.74, 6) is -1.57. The van der Waals surface area contributed by atoms with Crippen molar-refractivity contribution < 1.29 is 9.53 Å². The number of hydrogen-bond donors (Lipinski definition) is 1. The van der Waals surface area contributed by atoms with Gasteiger partial charge in [0.25, 0.3) is 0 Å². The molecule has 2 N–H and O–H groups in total. The highest BCUT2D eigenvalue weighted by atomic mass is 35.5. The van der Waals surface area contributed by atoms with Crippen LogP contribution in [0.25, 0.3) is 0 Å². The van der Waals surface area contributed by atoms with Crippen LogP contribution in [0.15, 0.2) is 71.5 Å². The van der Waals surface area contributed by atoms with Gasteiger partial charge < -0.3 is 15.4 Å². The van der Waals surface area contributed by atoms with E-state index in [-0.39, 0.29) is 41.0 Å². The van der Waals surface area contributed by atoms with Gasteiger partial charge in [0.1, 0.15) is 12.7 Å². The molecule has 1 aliphatic carbocycles. The van der Waals surface area contributed by atoms with E-state index in [0.717, 1.165) is 5.56 Å². The van der Waals surface area contributed by atoms with Crippen LogP contribution in [-0.4, -0.2) is 24.1 Å². The zero-order valence-electron chi connectivity index (χ0n) is 18.4. The Morgan fingerprint density at radius 1 is 1.09 bits per heavy atom. The van der Waals surface area contributed by atoms with Gasteiger partial charge in [-0.05, 0) is 28.8 Å². The van der Waals surface area contributed by atoms with Crippen molar-refractivity contribution in [2.45, 2.75) is 12.5 Å². The zero-order valence-corrected chi connectivity index (χ0v) is 19.9. The lowest BCUT2D eigenvalue weighted by Gasteiger charge is -2.45. The molecule has 4 rings (SSSR count). The lowest BCUT2D eigenvalue weighted by Crippen LogP contribution is -2.49. The van der Waals surface area contributed by atoms with Crippen molar-refractivity contribution >= 4 is 29.3 Å². The summed E-state index contributed by atoms with van der Waals surface area (Å²) in [4.78, 5) is 14.4. The molecular formula is C26H19Cl2N5O2. The highest BCUT2D eigenvalue weighted by Crippen LogP contribution is 2.56. The number of rotatable bonds is 3. The van der Waals surface area contributed by atoms with E-state index < -0.39 is 23.3 Å². The van der Waals surface area contributed by atoms with Crippen LogP contribution >= 0.6 is 23.2 Å². The average molecular weight is 504 g/mol. The Morgan fingerprint density at radius 3 is 2.34 bits per heavy atom. The van der Waals surface area contributed by atoms with Gasteiger partial charge in [-0.15, -0.1) is 0 Å². The van der Waals surface area contributed by atoms with Crippen LogP contribution in [0, 0.1) is 45.3 Å². The van der Waals surface area contributed by atoms with Crippen molar-refractivity contribution in [2.75, 3.05) is 13.1 Å². The maximum Gasteiger partial charge on any atom is 0.410 e. The summed E-state index contributed by atoms with van der Waals surface area (Å²) in [6, 6.07) is 20.3. The molecule has 0 spiro atoms. The molecule has 35 heavy (non-hydrogen) atoms. The minimum Gasteiger partial charge on any atom is -0.445 e. The normalized spacial score (nSPS) is 20.5. The molecule has 0 bridgehead atoms. The average Bonchev–Trinajstić information content (AvgIpc) is 2.88. The van der Waals surface area contributed by atoms with E-state index in [1.165, 1.54) is 4.90 Å². The summed E-state index contributed by atoms with van der Waals surface area (Å²) >= 11 is 13.0. The van der Waals surface area contributed by atoms with Crippen molar-refractivity contribution in [1.29, 1.82) is 15.8 Å². The highest BCUT2D eigenvalue weighted by molar-refractivity contribution is 6.36. The predicted molar refractivity (Wildman–Crippen MR) is 129 cm³/mol. The molecule has 1 heterocycles. The number of amides is 1. The number of fused-ring (bicyclic) bond motifs is 1. The van der Waals surface area contributed by atoms with Crippen molar-refractivity contribution in [3.63, 3.8) is 0 Å². The lowest BCUT2D eigenvalue weighted by atomic mass is 9.58. The number of carbonyl (C=O) groups is 1. The zero-order chi connectivity index (χ0) is 25.2. The second kappa shape index (κ2) is 9.72. The Morgan fingerprint density at radius 2 is 1.74 bits per heavy atom. The van der Waals surface area contributed by atoms with Crippen LogP contribution < -0.4 is 5.73 Å². The number of hydrogen-bond acceptors (Lipinski definition) is 6. The minimum absolute atomic E-state index is 0.0647. The first-order chi connectivity index (χ1) is 16.9. The minimum atomic E-state index is -1.92. The monoisotopic (exact) mass is 503 g/mol. The maximum absolute atomic E-state index is 12.9. The highest BCUT2D eigenvalue weighted by Gasteiger charge is 2.55. The van der Waals surface area contributed by atoms with Crippen molar-refractivity contribution in [3.05, 3.63) is 92.6 Å². The fraction of sp³-hybridized carbons (Fsp3) is 0.231. The Balaban J connectivity index is 1.78. The molecule has 0 fully saturated rings. The Labute approximate surface area is 212 Å². The van der Waals surface area contributed by atoms with Gasteiger partial charge in [-0.25, -0.2) is 4.79 Å². The molecule has 0 aromatic heterocycles. The first kappa shape index (κ1) is 24.2. The summed E-state index contributed by atoms with van der Waals surface area (Å²) in [5, 5.41) is 30.8. The molecule has 2 atom stereocenters. The van der Waals surface area contributed by atoms with Gasteiger partial charge >= 0.3 is 6.09 Å². The van der Waals surface area contributed by atoms with E-state index in [2.05, 4.69) is 6.07 Å². The third-order valence-corrected chi connectivity index (χ3v) is 7.10. The van der Waals surface area contributed by atoms with Gasteiger partial charge in [-0.3, -0.25) is 0 Å². The largest absolute Gasteiger partial charge is 0.445 e. The molecule has 2 aliphatic rings.